The van der Waals surface area contributed by atoms with Gasteiger partial charge in [-0.3, -0.25) is 0 Å². The van der Waals surface area contributed by atoms with Gasteiger partial charge >= 0.3 is 5.97 Å². The van der Waals surface area contributed by atoms with Crippen LogP contribution in [0.5, 0.6) is 0 Å². The highest BCUT2D eigenvalue weighted by atomic mass is 19.1. The van der Waals surface area contributed by atoms with E-state index in [2.05, 4.69) is 23.0 Å². The zero-order valence-corrected chi connectivity index (χ0v) is 17.5. The fraction of sp³-hybridized carbons (Fsp3) is 0.231. The standard InChI is InChI=1S/C26H21FN2O3/c1-25-15-18-16-28-29(21-8-6-20(27)7-9-21)23(18)14-19(25)11-13-26(25,32)12-10-17-4-2-3-5-22(17)24(30)31/h2-9,14,16,32H,11,13,15H2,1H3,(H,30,31)/t25-,26-/m0/s1. The van der Waals surface area contributed by atoms with Gasteiger partial charge in [0.15, 0.2) is 0 Å². The second-order valence-corrected chi connectivity index (χ2v) is 8.58. The molecule has 32 heavy (non-hydrogen) atoms. The second-order valence-electron chi connectivity index (χ2n) is 8.58. The molecule has 0 bridgehead atoms. The molecule has 2 N–H and O–H groups in total. The Hall–Kier alpha value is -3.69. The monoisotopic (exact) mass is 428 g/mol. The first kappa shape index (κ1) is 20.2. The number of carboxylic acid groups (broad SMARTS) is 1. The molecule has 0 amide bonds. The molecule has 3 aromatic rings. The van der Waals surface area contributed by atoms with E-state index in [0.29, 0.717) is 24.8 Å². The van der Waals surface area contributed by atoms with Crippen LogP contribution < -0.4 is 0 Å². The minimum Gasteiger partial charge on any atom is -0.478 e. The molecule has 1 heterocycles. The summed E-state index contributed by atoms with van der Waals surface area (Å²) in [6, 6.07) is 12.7. The summed E-state index contributed by atoms with van der Waals surface area (Å²) in [4.78, 5) is 11.5. The van der Waals surface area contributed by atoms with Gasteiger partial charge in [-0.05, 0) is 67.3 Å². The third-order valence-electron chi connectivity index (χ3n) is 6.75. The second kappa shape index (κ2) is 7.18. The Kier molecular flexibility index (Phi) is 4.54. The van der Waals surface area contributed by atoms with Gasteiger partial charge in [-0.25, -0.2) is 13.9 Å². The first-order valence-electron chi connectivity index (χ1n) is 10.4. The molecule has 160 valence electrons. The molecule has 1 fully saturated rings. The number of halogens is 1. The predicted octanol–water partition coefficient (Wildman–Crippen LogP) is 4.23. The Morgan fingerprint density at radius 2 is 1.94 bits per heavy atom. The van der Waals surface area contributed by atoms with Gasteiger partial charge in [0.05, 0.1) is 23.1 Å². The fourth-order valence-electron chi connectivity index (χ4n) is 4.79. The number of rotatable bonds is 2. The van der Waals surface area contributed by atoms with Gasteiger partial charge < -0.3 is 10.2 Å². The number of aromatic carboxylic acids is 1. The molecule has 0 saturated heterocycles. The molecule has 0 radical (unpaired) electrons. The Morgan fingerprint density at radius 1 is 1.19 bits per heavy atom. The van der Waals surface area contributed by atoms with Crippen molar-refractivity contribution in [2.24, 2.45) is 5.41 Å². The van der Waals surface area contributed by atoms with Crippen molar-refractivity contribution in [2.75, 3.05) is 0 Å². The average Bonchev–Trinajstić information content (AvgIpc) is 3.29. The topological polar surface area (TPSA) is 75.3 Å². The zero-order chi connectivity index (χ0) is 22.5. The maximum absolute atomic E-state index is 13.3. The van der Waals surface area contributed by atoms with Crippen LogP contribution in [-0.2, 0) is 6.42 Å². The molecule has 5 nitrogen and oxygen atoms in total. The van der Waals surface area contributed by atoms with Crippen LogP contribution in [-0.4, -0.2) is 31.6 Å². The van der Waals surface area contributed by atoms with Crippen LogP contribution in [0.25, 0.3) is 11.8 Å². The number of aliphatic hydroxyl groups is 1. The molecular weight excluding hydrogens is 407 g/mol. The Morgan fingerprint density at radius 3 is 2.69 bits per heavy atom. The van der Waals surface area contributed by atoms with E-state index in [4.69, 9.17) is 0 Å². The summed E-state index contributed by atoms with van der Waals surface area (Å²) >= 11 is 0. The minimum absolute atomic E-state index is 0.119. The zero-order valence-electron chi connectivity index (χ0n) is 17.5. The number of fused-ring (bicyclic) bond motifs is 2. The average molecular weight is 428 g/mol. The SMILES string of the molecule is C[C@]12Cc3cnn(-c4ccc(F)cc4)c3C=C1CC[C@@]2(O)C#Cc1ccccc1C(=O)O. The minimum atomic E-state index is -1.29. The molecule has 0 unspecified atom stereocenters. The Balaban J connectivity index is 1.52. The van der Waals surface area contributed by atoms with Crippen molar-refractivity contribution < 1.29 is 19.4 Å². The molecule has 6 heteroatoms. The highest BCUT2D eigenvalue weighted by Crippen LogP contribution is 2.55. The third kappa shape index (κ3) is 3.05. The molecule has 1 saturated carbocycles. The van der Waals surface area contributed by atoms with E-state index in [-0.39, 0.29) is 11.4 Å². The van der Waals surface area contributed by atoms with Crippen LogP contribution in [0.1, 0.15) is 46.9 Å². The van der Waals surface area contributed by atoms with Gasteiger partial charge in [0.1, 0.15) is 11.4 Å². The summed E-state index contributed by atoms with van der Waals surface area (Å²) in [7, 11) is 0. The number of benzene rings is 2. The van der Waals surface area contributed by atoms with Crippen LogP contribution in [0, 0.1) is 23.1 Å². The number of hydrogen-bond acceptors (Lipinski definition) is 3. The summed E-state index contributed by atoms with van der Waals surface area (Å²) in [5, 5.41) is 25.5. The number of carboxylic acids is 1. The number of aromatic nitrogens is 2. The van der Waals surface area contributed by atoms with Gasteiger partial charge in [-0.2, -0.15) is 5.10 Å². The lowest BCUT2D eigenvalue weighted by Crippen LogP contribution is -2.44. The van der Waals surface area contributed by atoms with Gasteiger partial charge in [0, 0.05) is 11.0 Å². The Bertz CT molecular complexity index is 1330. The quantitative estimate of drug-likeness (QED) is 0.599. The van der Waals surface area contributed by atoms with Crippen LogP contribution in [0.3, 0.4) is 0 Å². The summed E-state index contributed by atoms with van der Waals surface area (Å²) in [5.74, 6) is 4.60. The fourth-order valence-corrected chi connectivity index (χ4v) is 4.79. The van der Waals surface area contributed by atoms with Crippen LogP contribution in [0.15, 0.2) is 60.3 Å². The highest BCUT2D eigenvalue weighted by molar-refractivity contribution is 5.90. The normalized spacial score (nSPS) is 23.5. The molecule has 2 aliphatic carbocycles. The predicted molar refractivity (Wildman–Crippen MR) is 118 cm³/mol. The van der Waals surface area contributed by atoms with E-state index in [1.54, 1.807) is 41.2 Å². The van der Waals surface area contributed by atoms with E-state index in [1.807, 2.05) is 6.92 Å². The van der Waals surface area contributed by atoms with E-state index in [9.17, 15) is 19.4 Å². The van der Waals surface area contributed by atoms with E-state index in [0.717, 1.165) is 22.5 Å². The van der Waals surface area contributed by atoms with Crippen molar-refractivity contribution in [1.82, 2.24) is 9.78 Å². The van der Waals surface area contributed by atoms with Gasteiger partial charge in [0.25, 0.3) is 0 Å². The summed E-state index contributed by atoms with van der Waals surface area (Å²) in [5.41, 5.74) is 2.36. The lowest BCUT2D eigenvalue weighted by atomic mass is 9.67. The smallest absolute Gasteiger partial charge is 0.336 e. The first-order chi connectivity index (χ1) is 15.3. The van der Waals surface area contributed by atoms with Crippen molar-refractivity contribution in [2.45, 2.75) is 31.8 Å². The van der Waals surface area contributed by atoms with Gasteiger partial charge in [-0.15, -0.1) is 0 Å². The highest BCUT2D eigenvalue weighted by Gasteiger charge is 2.54. The number of nitrogens with zero attached hydrogens (tertiary/aromatic N) is 2. The maximum atomic E-state index is 13.3. The summed E-state index contributed by atoms with van der Waals surface area (Å²) in [6.07, 6.45) is 5.53. The van der Waals surface area contributed by atoms with Gasteiger partial charge in [-0.1, -0.05) is 36.5 Å². The third-order valence-corrected chi connectivity index (χ3v) is 6.75. The lowest BCUT2D eigenvalue weighted by molar-refractivity contribution is 0.0153. The van der Waals surface area contributed by atoms with Crippen LogP contribution >= 0.6 is 0 Å². The number of carbonyl (C=O) groups is 1. The van der Waals surface area contributed by atoms with Crippen molar-refractivity contribution in [3.8, 4) is 17.5 Å². The summed E-state index contributed by atoms with van der Waals surface area (Å²) < 4.78 is 15.1. The van der Waals surface area contributed by atoms with Crippen LogP contribution in [0.2, 0.25) is 0 Å². The first-order valence-corrected chi connectivity index (χ1v) is 10.4. The van der Waals surface area contributed by atoms with Crippen LogP contribution in [0.4, 0.5) is 4.39 Å². The van der Waals surface area contributed by atoms with E-state index < -0.39 is 17.0 Å². The molecule has 2 atom stereocenters. The molecular formula is C26H21FN2O3. The van der Waals surface area contributed by atoms with Gasteiger partial charge in [0.2, 0.25) is 0 Å². The van der Waals surface area contributed by atoms with Crippen molar-refractivity contribution in [3.63, 3.8) is 0 Å². The Labute approximate surface area is 184 Å². The lowest BCUT2D eigenvalue weighted by Gasteiger charge is -2.39. The summed E-state index contributed by atoms with van der Waals surface area (Å²) in [6.45, 7) is 2.00. The van der Waals surface area contributed by atoms with Crippen molar-refractivity contribution in [3.05, 3.63) is 88.5 Å². The molecule has 2 aliphatic rings. The molecule has 5 rings (SSSR count). The molecule has 0 aliphatic heterocycles. The molecule has 1 aromatic heterocycles. The van der Waals surface area contributed by atoms with Crippen molar-refractivity contribution >= 4 is 12.0 Å². The molecule has 2 aromatic carbocycles. The largest absolute Gasteiger partial charge is 0.478 e. The maximum Gasteiger partial charge on any atom is 0.336 e. The van der Waals surface area contributed by atoms with E-state index >= 15 is 0 Å². The molecule has 0 spiro atoms. The number of hydrogen-bond donors (Lipinski definition) is 2. The van der Waals surface area contributed by atoms with Crippen molar-refractivity contribution in [1.29, 1.82) is 0 Å². The van der Waals surface area contributed by atoms with E-state index in [1.165, 1.54) is 18.2 Å².